The molecule has 0 amide bonds. The van der Waals surface area contributed by atoms with Gasteiger partial charge in [-0.15, -0.1) is 0 Å². The first-order valence-corrected chi connectivity index (χ1v) is 10.9. The van der Waals surface area contributed by atoms with Crippen LogP contribution in [0.4, 0.5) is 0 Å². The van der Waals surface area contributed by atoms with Crippen molar-refractivity contribution in [1.29, 1.82) is 0 Å². The molecular weight excluding hydrogens is 358 g/mol. The van der Waals surface area contributed by atoms with Crippen molar-refractivity contribution < 1.29 is 19.4 Å². The quantitative estimate of drug-likeness (QED) is 0.839. The van der Waals surface area contributed by atoms with Crippen molar-refractivity contribution in [3.05, 3.63) is 24.3 Å². The standard InChI is InChI=1S/C18H25NO4S2/c1-22-15-4-2-3-5-16(15)23-18(17(20)21)6-8-19(9-7-18)14-12-24-10-11-25-13-14/h2-5,14H,6-13H2,1H3,(H,20,21). The Balaban J connectivity index is 1.69. The second-order valence-electron chi connectivity index (χ2n) is 6.39. The van der Waals surface area contributed by atoms with Gasteiger partial charge in [-0.25, -0.2) is 4.79 Å². The van der Waals surface area contributed by atoms with Crippen LogP contribution in [0, 0.1) is 0 Å². The lowest BCUT2D eigenvalue weighted by atomic mass is 9.90. The molecule has 138 valence electrons. The molecule has 0 bridgehead atoms. The Hall–Kier alpha value is -1.05. The number of para-hydroxylation sites is 2. The SMILES string of the molecule is COc1ccccc1OC1(C(=O)O)CCN(C2CSCCSC2)CC1. The average molecular weight is 384 g/mol. The molecule has 0 unspecified atom stereocenters. The van der Waals surface area contributed by atoms with Gasteiger partial charge in [0.05, 0.1) is 7.11 Å². The predicted molar refractivity (Wildman–Crippen MR) is 103 cm³/mol. The number of carboxylic acid groups (broad SMARTS) is 1. The highest BCUT2D eigenvalue weighted by Crippen LogP contribution is 2.35. The lowest BCUT2D eigenvalue weighted by molar-refractivity contribution is -0.160. The summed E-state index contributed by atoms with van der Waals surface area (Å²) in [4.78, 5) is 14.5. The number of rotatable bonds is 5. The molecule has 1 aromatic carbocycles. The molecule has 25 heavy (non-hydrogen) atoms. The Labute approximate surface area is 157 Å². The van der Waals surface area contributed by atoms with Gasteiger partial charge in [0.15, 0.2) is 11.5 Å². The molecule has 3 rings (SSSR count). The molecule has 0 aromatic heterocycles. The van der Waals surface area contributed by atoms with Gasteiger partial charge in [0, 0.05) is 55.0 Å². The van der Waals surface area contributed by atoms with Crippen molar-refractivity contribution in [3.63, 3.8) is 0 Å². The van der Waals surface area contributed by atoms with E-state index in [4.69, 9.17) is 9.47 Å². The van der Waals surface area contributed by atoms with Crippen LogP contribution in [0.3, 0.4) is 0 Å². The van der Waals surface area contributed by atoms with Gasteiger partial charge in [-0.1, -0.05) is 12.1 Å². The Morgan fingerprint density at radius 2 is 1.76 bits per heavy atom. The fourth-order valence-corrected chi connectivity index (χ4v) is 5.97. The van der Waals surface area contributed by atoms with Crippen LogP contribution in [0.1, 0.15) is 12.8 Å². The third-order valence-corrected chi connectivity index (χ3v) is 7.36. The number of thioether (sulfide) groups is 2. The van der Waals surface area contributed by atoms with E-state index in [1.165, 1.54) is 11.5 Å². The third kappa shape index (κ3) is 4.38. The maximum absolute atomic E-state index is 12.0. The minimum Gasteiger partial charge on any atom is -0.493 e. The van der Waals surface area contributed by atoms with Crippen molar-refractivity contribution in [1.82, 2.24) is 4.90 Å². The van der Waals surface area contributed by atoms with Gasteiger partial charge in [0.1, 0.15) is 0 Å². The molecule has 0 radical (unpaired) electrons. The second kappa shape index (κ2) is 8.56. The lowest BCUT2D eigenvalue weighted by Gasteiger charge is -2.41. The molecule has 1 N–H and O–H groups in total. The summed E-state index contributed by atoms with van der Waals surface area (Å²) in [6.07, 6.45) is 0.985. The number of likely N-dealkylation sites (tertiary alicyclic amines) is 1. The van der Waals surface area contributed by atoms with Crippen molar-refractivity contribution in [3.8, 4) is 11.5 Å². The summed E-state index contributed by atoms with van der Waals surface area (Å²) < 4.78 is 11.3. The van der Waals surface area contributed by atoms with Crippen LogP contribution >= 0.6 is 23.5 Å². The number of carbonyl (C=O) groups is 1. The van der Waals surface area contributed by atoms with Gasteiger partial charge in [0.25, 0.3) is 0 Å². The van der Waals surface area contributed by atoms with Gasteiger partial charge in [-0.3, -0.25) is 4.90 Å². The number of nitrogens with zero attached hydrogens (tertiary/aromatic N) is 1. The van der Waals surface area contributed by atoms with E-state index in [0.29, 0.717) is 30.4 Å². The largest absolute Gasteiger partial charge is 0.493 e. The van der Waals surface area contributed by atoms with E-state index in [-0.39, 0.29) is 0 Å². The molecule has 2 aliphatic rings. The highest BCUT2D eigenvalue weighted by molar-refractivity contribution is 8.03. The van der Waals surface area contributed by atoms with Crippen LogP contribution in [-0.4, -0.2) is 70.8 Å². The zero-order valence-corrected chi connectivity index (χ0v) is 16.1. The Morgan fingerprint density at radius 1 is 1.16 bits per heavy atom. The van der Waals surface area contributed by atoms with Crippen LogP contribution in [0.5, 0.6) is 11.5 Å². The Morgan fingerprint density at radius 3 is 2.32 bits per heavy atom. The zero-order valence-electron chi connectivity index (χ0n) is 14.5. The zero-order chi connectivity index (χ0) is 17.7. The van der Waals surface area contributed by atoms with Gasteiger partial charge in [-0.2, -0.15) is 23.5 Å². The smallest absolute Gasteiger partial charge is 0.348 e. The summed E-state index contributed by atoms with van der Waals surface area (Å²) >= 11 is 4.01. The number of hydrogen-bond acceptors (Lipinski definition) is 6. The first-order chi connectivity index (χ1) is 12.1. The van der Waals surface area contributed by atoms with Crippen LogP contribution in [-0.2, 0) is 4.79 Å². The summed E-state index contributed by atoms with van der Waals surface area (Å²) in [5.74, 6) is 4.89. The van der Waals surface area contributed by atoms with E-state index in [9.17, 15) is 9.90 Å². The number of piperidine rings is 1. The normalized spacial score (nSPS) is 22.1. The van der Waals surface area contributed by atoms with Crippen LogP contribution in [0.2, 0.25) is 0 Å². The molecule has 2 heterocycles. The summed E-state index contributed by atoms with van der Waals surface area (Å²) in [5, 5.41) is 9.86. The van der Waals surface area contributed by atoms with Crippen LogP contribution in [0.15, 0.2) is 24.3 Å². The van der Waals surface area contributed by atoms with E-state index in [1.807, 2.05) is 35.7 Å². The minimum atomic E-state index is -1.17. The summed E-state index contributed by atoms with van der Waals surface area (Å²) in [7, 11) is 1.57. The minimum absolute atomic E-state index is 0.492. The Kier molecular flexibility index (Phi) is 6.41. The number of benzene rings is 1. The molecule has 0 saturated carbocycles. The molecule has 0 aliphatic carbocycles. The molecule has 5 nitrogen and oxygen atoms in total. The third-order valence-electron chi connectivity index (χ3n) is 4.88. The van der Waals surface area contributed by atoms with Gasteiger partial charge < -0.3 is 14.6 Å². The first-order valence-electron chi connectivity index (χ1n) is 8.59. The predicted octanol–water partition coefficient (Wildman–Crippen LogP) is 2.84. The summed E-state index contributed by atoms with van der Waals surface area (Å²) in [6.45, 7) is 1.51. The fourth-order valence-electron chi connectivity index (χ4n) is 3.34. The van der Waals surface area contributed by atoms with E-state index in [0.717, 1.165) is 24.6 Å². The van der Waals surface area contributed by atoms with Crippen molar-refractivity contribution in [2.24, 2.45) is 0 Å². The number of methoxy groups -OCH3 is 1. The van der Waals surface area contributed by atoms with Crippen molar-refractivity contribution >= 4 is 29.5 Å². The van der Waals surface area contributed by atoms with Crippen LogP contribution in [0.25, 0.3) is 0 Å². The van der Waals surface area contributed by atoms with Crippen molar-refractivity contribution in [2.75, 3.05) is 43.2 Å². The molecule has 1 aromatic rings. The molecule has 2 saturated heterocycles. The number of hydrogen-bond donors (Lipinski definition) is 1. The lowest BCUT2D eigenvalue weighted by Crippen LogP contribution is -2.55. The topological polar surface area (TPSA) is 59.0 Å². The monoisotopic (exact) mass is 383 g/mol. The molecule has 2 aliphatic heterocycles. The molecular formula is C18H25NO4S2. The Bertz CT molecular complexity index is 582. The maximum Gasteiger partial charge on any atom is 0.348 e. The number of carboxylic acids is 1. The molecule has 7 heteroatoms. The first kappa shape index (κ1) is 18.7. The van der Waals surface area contributed by atoms with Gasteiger partial charge in [-0.05, 0) is 12.1 Å². The maximum atomic E-state index is 12.0. The van der Waals surface area contributed by atoms with E-state index in [1.54, 1.807) is 19.2 Å². The fraction of sp³-hybridized carbons (Fsp3) is 0.611. The van der Waals surface area contributed by atoms with Gasteiger partial charge in [0.2, 0.25) is 5.60 Å². The van der Waals surface area contributed by atoms with Crippen molar-refractivity contribution in [2.45, 2.75) is 24.5 Å². The average Bonchev–Trinajstić information content (AvgIpc) is 2.92. The van der Waals surface area contributed by atoms with Gasteiger partial charge >= 0.3 is 5.97 Å². The number of aliphatic carboxylic acids is 1. The van der Waals surface area contributed by atoms with E-state index < -0.39 is 11.6 Å². The number of ether oxygens (including phenoxy) is 2. The van der Waals surface area contributed by atoms with Crippen LogP contribution < -0.4 is 9.47 Å². The molecule has 0 spiro atoms. The highest BCUT2D eigenvalue weighted by Gasteiger charge is 2.45. The second-order valence-corrected chi connectivity index (χ2v) is 8.69. The molecule has 2 fully saturated rings. The van der Waals surface area contributed by atoms with E-state index >= 15 is 0 Å². The summed E-state index contributed by atoms with van der Waals surface area (Å²) in [6, 6.07) is 7.79. The molecule has 0 atom stereocenters. The highest BCUT2D eigenvalue weighted by atomic mass is 32.2. The summed E-state index contributed by atoms with van der Waals surface area (Å²) in [5.41, 5.74) is -1.17. The van der Waals surface area contributed by atoms with E-state index in [2.05, 4.69) is 4.90 Å².